The molecule has 0 aliphatic rings. The van der Waals surface area contributed by atoms with Crippen molar-refractivity contribution < 1.29 is 13.6 Å². The fraction of sp³-hybridized carbons (Fsp3) is 0.300. The quantitative estimate of drug-likeness (QED) is 0.450. The number of carbonyl (C=O) groups excluding carboxylic acids is 1. The molecule has 1 amide bonds. The van der Waals surface area contributed by atoms with Crippen LogP contribution in [0.5, 0.6) is 0 Å². The van der Waals surface area contributed by atoms with Gasteiger partial charge in [0.2, 0.25) is 5.91 Å². The van der Waals surface area contributed by atoms with Crippen LogP contribution in [0.3, 0.4) is 0 Å². The zero-order valence-corrected chi connectivity index (χ0v) is 8.09. The molecule has 0 aromatic heterocycles. The first-order chi connectivity index (χ1) is 7.13. The van der Waals surface area contributed by atoms with Gasteiger partial charge in [0.05, 0.1) is 0 Å². The fourth-order valence-corrected chi connectivity index (χ4v) is 1.25. The summed E-state index contributed by atoms with van der Waals surface area (Å²) in [5.74, 6) is 3.63. The van der Waals surface area contributed by atoms with Crippen molar-refractivity contribution >= 4 is 5.91 Å². The molecule has 0 saturated carbocycles. The Morgan fingerprint density at radius 2 is 2.13 bits per heavy atom. The van der Waals surface area contributed by atoms with Gasteiger partial charge in [0.15, 0.2) is 0 Å². The van der Waals surface area contributed by atoms with Crippen molar-refractivity contribution in [1.82, 2.24) is 5.43 Å². The maximum Gasteiger partial charge on any atom is 0.233 e. The van der Waals surface area contributed by atoms with E-state index in [0.29, 0.717) is 12.8 Å². The van der Waals surface area contributed by atoms with Crippen molar-refractivity contribution in [3.05, 3.63) is 35.4 Å². The highest BCUT2D eigenvalue weighted by Crippen LogP contribution is 2.12. The number of carbonyl (C=O) groups is 1. The van der Waals surface area contributed by atoms with Gasteiger partial charge in [-0.3, -0.25) is 10.2 Å². The molecule has 0 spiro atoms. The predicted molar refractivity (Wildman–Crippen MR) is 51.6 cm³/mol. The molecule has 0 atom stereocenters. The summed E-state index contributed by atoms with van der Waals surface area (Å²) in [6.45, 7) is 0. The minimum Gasteiger partial charge on any atom is -0.294 e. The van der Waals surface area contributed by atoms with E-state index in [-0.39, 0.29) is 17.9 Å². The van der Waals surface area contributed by atoms with E-state index in [9.17, 15) is 13.6 Å². The van der Waals surface area contributed by atoms with E-state index in [2.05, 4.69) is 0 Å². The van der Waals surface area contributed by atoms with Crippen LogP contribution in [-0.4, -0.2) is 5.91 Å². The molecular formula is C10H12F2N2O. The summed E-state index contributed by atoms with van der Waals surface area (Å²) in [4.78, 5) is 10.7. The minimum absolute atomic E-state index is 0.201. The monoisotopic (exact) mass is 214 g/mol. The van der Waals surface area contributed by atoms with Crippen LogP contribution in [0.15, 0.2) is 18.2 Å². The van der Waals surface area contributed by atoms with Gasteiger partial charge in [0.25, 0.3) is 0 Å². The Balaban J connectivity index is 2.50. The van der Waals surface area contributed by atoms with Gasteiger partial charge >= 0.3 is 0 Å². The third-order valence-electron chi connectivity index (χ3n) is 2.02. The van der Waals surface area contributed by atoms with Crippen LogP contribution in [0.2, 0.25) is 0 Å². The van der Waals surface area contributed by atoms with E-state index in [1.807, 2.05) is 5.43 Å². The first kappa shape index (κ1) is 11.6. The van der Waals surface area contributed by atoms with E-state index in [0.717, 1.165) is 18.2 Å². The molecule has 1 aromatic rings. The molecular weight excluding hydrogens is 202 g/mol. The lowest BCUT2D eigenvalue weighted by Crippen LogP contribution is -2.29. The maximum atomic E-state index is 13.1. The number of hydrazine groups is 1. The molecule has 0 unspecified atom stereocenters. The molecule has 0 fully saturated rings. The lowest BCUT2D eigenvalue weighted by atomic mass is 10.1. The van der Waals surface area contributed by atoms with E-state index >= 15 is 0 Å². The van der Waals surface area contributed by atoms with Gasteiger partial charge in [-0.25, -0.2) is 14.6 Å². The summed E-state index contributed by atoms with van der Waals surface area (Å²) >= 11 is 0. The summed E-state index contributed by atoms with van der Waals surface area (Å²) in [6.07, 6.45) is 0.951. The Bertz CT molecular complexity index is 355. The van der Waals surface area contributed by atoms with Crippen molar-refractivity contribution in [2.75, 3.05) is 0 Å². The number of rotatable bonds is 4. The third-order valence-corrected chi connectivity index (χ3v) is 2.02. The highest BCUT2D eigenvalue weighted by atomic mass is 19.1. The molecule has 3 nitrogen and oxygen atoms in total. The molecule has 3 N–H and O–H groups in total. The molecule has 0 saturated heterocycles. The van der Waals surface area contributed by atoms with Crippen LogP contribution in [0.4, 0.5) is 8.78 Å². The van der Waals surface area contributed by atoms with Gasteiger partial charge in [-0.05, 0) is 36.6 Å². The second-order valence-corrected chi connectivity index (χ2v) is 3.16. The van der Waals surface area contributed by atoms with Crippen molar-refractivity contribution in [1.29, 1.82) is 0 Å². The van der Waals surface area contributed by atoms with E-state index in [1.54, 1.807) is 0 Å². The molecule has 82 valence electrons. The smallest absolute Gasteiger partial charge is 0.233 e. The molecule has 1 rings (SSSR count). The standard InChI is InChI=1S/C10H12F2N2O/c11-8-4-5-9(12)7(6-8)2-1-3-10(15)14-13/h4-6H,1-3,13H2,(H,14,15). The number of nitrogens with two attached hydrogens (primary N) is 1. The highest BCUT2D eigenvalue weighted by Gasteiger charge is 2.05. The van der Waals surface area contributed by atoms with E-state index in [1.165, 1.54) is 0 Å². The topological polar surface area (TPSA) is 55.1 Å². The maximum absolute atomic E-state index is 13.1. The van der Waals surface area contributed by atoms with Gasteiger partial charge in [-0.2, -0.15) is 0 Å². The van der Waals surface area contributed by atoms with Crippen molar-refractivity contribution in [3.63, 3.8) is 0 Å². The Kier molecular flexibility index (Phi) is 4.17. The van der Waals surface area contributed by atoms with Gasteiger partial charge in [-0.15, -0.1) is 0 Å². The Labute approximate surface area is 86.2 Å². The van der Waals surface area contributed by atoms with Crippen molar-refractivity contribution in [2.24, 2.45) is 5.84 Å². The van der Waals surface area contributed by atoms with Gasteiger partial charge < -0.3 is 0 Å². The average molecular weight is 214 g/mol. The second kappa shape index (κ2) is 5.41. The van der Waals surface area contributed by atoms with Crippen molar-refractivity contribution in [3.8, 4) is 0 Å². The number of halogens is 2. The molecule has 5 heteroatoms. The van der Waals surface area contributed by atoms with E-state index in [4.69, 9.17) is 5.84 Å². The predicted octanol–water partition coefficient (Wildman–Crippen LogP) is 1.28. The van der Waals surface area contributed by atoms with E-state index < -0.39 is 11.6 Å². The van der Waals surface area contributed by atoms with Crippen LogP contribution in [0.25, 0.3) is 0 Å². The zero-order chi connectivity index (χ0) is 11.3. The van der Waals surface area contributed by atoms with Crippen LogP contribution in [-0.2, 0) is 11.2 Å². The normalized spacial score (nSPS) is 10.1. The molecule has 0 aliphatic heterocycles. The molecule has 0 aliphatic carbocycles. The third kappa shape index (κ3) is 3.63. The number of hydrogen-bond acceptors (Lipinski definition) is 2. The molecule has 0 bridgehead atoms. The number of amides is 1. The number of benzene rings is 1. The van der Waals surface area contributed by atoms with Crippen LogP contribution >= 0.6 is 0 Å². The zero-order valence-electron chi connectivity index (χ0n) is 8.09. The van der Waals surface area contributed by atoms with Crippen molar-refractivity contribution in [2.45, 2.75) is 19.3 Å². The van der Waals surface area contributed by atoms with Crippen LogP contribution in [0, 0.1) is 11.6 Å². The summed E-state index contributed by atoms with van der Waals surface area (Å²) in [5.41, 5.74) is 2.25. The number of nitrogens with one attached hydrogen (secondary N) is 1. The summed E-state index contributed by atoms with van der Waals surface area (Å²) < 4.78 is 25.8. The van der Waals surface area contributed by atoms with Gasteiger partial charge in [0, 0.05) is 6.42 Å². The first-order valence-corrected chi connectivity index (χ1v) is 4.57. The summed E-state index contributed by atoms with van der Waals surface area (Å²) in [5, 5.41) is 0. The lowest BCUT2D eigenvalue weighted by Gasteiger charge is -2.02. The molecule has 1 aromatic carbocycles. The first-order valence-electron chi connectivity index (χ1n) is 4.57. The molecule has 15 heavy (non-hydrogen) atoms. The van der Waals surface area contributed by atoms with Gasteiger partial charge in [0.1, 0.15) is 11.6 Å². The number of hydrogen-bond donors (Lipinski definition) is 2. The Morgan fingerprint density at radius 3 is 2.80 bits per heavy atom. The van der Waals surface area contributed by atoms with Gasteiger partial charge in [-0.1, -0.05) is 0 Å². The lowest BCUT2D eigenvalue weighted by molar-refractivity contribution is -0.121. The van der Waals surface area contributed by atoms with Crippen LogP contribution < -0.4 is 11.3 Å². The number of aryl methyl sites for hydroxylation is 1. The molecule has 0 radical (unpaired) electrons. The Morgan fingerprint density at radius 1 is 1.40 bits per heavy atom. The highest BCUT2D eigenvalue weighted by molar-refractivity contribution is 5.75. The van der Waals surface area contributed by atoms with Crippen LogP contribution in [0.1, 0.15) is 18.4 Å². The Hall–Kier alpha value is -1.49. The summed E-state index contributed by atoms with van der Waals surface area (Å²) in [7, 11) is 0. The summed E-state index contributed by atoms with van der Waals surface area (Å²) in [6, 6.07) is 3.27. The second-order valence-electron chi connectivity index (χ2n) is 3.16. The molecule has 0 heterocycles. The average Bonchev–Trinajstić information content (AvgIpc) is 2.23. The minimum atomic E-state index is -0.477. The fourth-order valence-electron chi connectivity index (χ4n) is 1.25. The largest absolute Gasteiger partial charge is 0.294 e. The SMILES string of the molecule is NNC(=O)CCCc1cc(F)ccc1F.